The van der Waals surface area contributed by atoms with E-state index in [1.54, 1.807) is 13.8 Å². The van der Waals surface area contributed by atoms with E-state index in [1.807, 2.05) is 0 Å². The molecule has 1 amide bonds. The number of aromatic nitrogens is 2. The Bertz CT molecular complexity index is 783. The molecule has 7 heteroatoms. The van der Waals surface area contributed by atoms with Gasteiger partial charge in [-0.1, -0.05) is 0 Å². The third-order valence-electron chi connectivity index (χ3n) is 3.30. The van der Waals surface area contributed by atoms with Crippen LogP contribution in [0.25, 0.3) is 5.69 Å². The molecule has 0 aliphatic rings. The molecular weight excluding hydrogens is 286 g/mol. The molecule has 0 spiro atoms. The van der Waals surface area contributed by atoms with E-state index in [-0.39, 0.29) is 17.0 Å². The van der Waals surface area contributed by atoms with E-state index in [4.69, 9.17) is 4.84 Å². The highest BCUT2D eigenvalue weighted by molar-refractivity contribution is 5.92. The normalized spacial score (nSPS) is 10.5. The Kier molecular flexibility index (Phi) is 4.27. The minimum Gasteiger partial charge on any atom is -0.508 e. The number of hydrogen-bond acceptors (Lipinski definition) is 5. The van der Waals surface area contributed by atoms with Crippen LogP contribution in [0.4, 0.5) is 0 Å². The molecule has 0 unspecified atom stereocenters. The number of nitrogens with zero attached hydrogens (tertiary/aromatic N) is 3. The van der Waals surface area contributed by atoms with Crippen molar-refractivity contribution in [3.63, 3.8) is 0 Å². The number of hydroxylamine groups is 2. The summed E-state index contributed by atoms with van der Waals surface area (Å²) in [5.41, 5.74) is 1.59. The van der Waals surface area contributed by atoms with E-state index < -0.39 is 5.91 Å². The van der Waals surface area contributed by atoms with E-state index >= 15 is 0 Å². The second-order valence-corrected chi connectivity index (χ2v) is 4.87. The average Bonchev–Trinajstić information content (AvgIpc) is 2.46. The molecule has 0 aliphatic heterocycles. The van der Waals surface area contributed by atoms with E-state index in [0.717, 1.165) is 16.7 Å². The molecule has 2 rings (SSSR count). The Hall–Kier alpha value is -2.67. The number of carbonyl (C=O) groups excluding carboxylic acids is 1. The van der Waals surface area contributed by atoms with Gasteiger partial charge in [0, 0.05) is 25.0 Å². The third kappa shape index (κ3) is 2.84. The summed E-state index contributed by atoms with van der Waals surface area (Å²) >= 11 is 0. The summed E-state index contributed by atoms with van der Waals surface area (Å²) in [6, 6.07) is 4.12. The Morgan fingerprint density at radius 2 is 2.00 bits per heavy atom. The van der Waals surface area contributed by atoms with Gasteiger partial charge in [-0.05, 0) is 31.5 Å². The van der Waals surface area contributed by atoms with Crippen molar-refractivity contribution in [2.45, 2.75) is 13.8 Å². The molecule has 1 N–H and O–H groups in total. The highest BCUT2D eigenvalue weighted by Gasteiger charge is 2.16. The van der Waals surface area contributed by atoms with Crippen molar-refractivity contribution in [1.29, 1.82) is 0 Å². The number of aryl methyl sites for hydroxylation is 2. The molecule has 0 atom stereocenters. The standard InChI is InChI=1S/C15H17N3O4/c1-9-8-16-12(15(21)17(3)22-4)7-13(9)18-10(2)5-11(19)6-14(18)20/h5-8,19H,1-4H3. The highest BCUT2D eigenvalue weighted by Crippen LogP contribution is 2.17. The molecule has 0 saturated carbocycles. The predicted octanol–water partition coefficient (Wildman–Crippen LogP) is 1.19. The predicted molar refractivity (Wildman–Crippen MR) is 80.1 cm³/mol. The van der Waals surface area contributed by atoms with E-state index in [0.29, 0.717) is 11.4 Å². The lowest BCUT2D eigenvalue weighted by atomic mass is 10.2. The summed E-state index contributed by atoms with van der Waals surface area (Å²) in [5, 5.41) is 10.5. The maximum Gasteiger partial charge on any atom is 0.295 e. The first-order chi connectivity index (χ1) is 10.3. The number of rotatable bonds is 3. The van der Waals surface area contributed by atoms with Crippen LogP contribution in [-0.4, -0.2) is 39.8 Å². The van der Waals surface area contributed by atoms with Crippen LogP contribution >= 0.6 is 0 Å². The van der Waals surface area contributed by atoms with Gasteiger partial charge in [0.25, 0.3) is 11.5 Å². The number of amides is 1. The number of carbonyl (C=O) groups is 1. The first-order valence-electron chi connectivity index (χ1n) is 6.57. The van der Waals surface area contributed by atoms with Gasteiger partial charge in [-0.15, -0.1) is 0 Å². The molecule has 2 aromatic heterocycles. The molecule has 2 aromatic rings. The van der Waals surface area contributed by atoms with Crippen molar-refractivity contribution < 1.29 is 14.7 Å². The third-order valence-corrected chi connectivity index (χ3v) is 3.30. The Labute approximate surface area is 127 Å². The summed E-state index contributed by atoms with van der Waals surface area (Å²) < 4.78 is 1.42. The summed E-state index contributed by atoms with van der Waals surface area (Å²) in [4.78, 5) is 33.2. The van der Waals surface area contributed by atoms with Gasteiger partial charge in [0.05, 0.1) is 12.8 Å². The van der Waals surface area contributed by atoms with Gasteiger partial charge in [0.1, 0.15) is 11.4 Å². The first-order valence-corrected chi connectivity index (χ1v) is 6.57. The molecule has 0 saturated heterocycles. The number of pyridine rings is 2. The van der Waals surface area contributed by atoms with Gasteiger partial charge in [-0.25, -0.2) is 5.06 Å². The van der Waals surface area contributed by atoms with Crippen LogP contribution in [0.2, 0.25) is 0 Å². The Morgan fingerprint density at radius 1 is 1.32 bits per heavy atom. The molecule has 7 nitrogen and oxygen atoms in total. The van der Waals surface area contributed by atoms with Gasteiger partial charge >= 0.3 is 0 Å². The zero-order valence-electron chi connectivity index (χ0n) is 12.8. The molecular formula is C15H17N3O4. The molecule has 2 heterocycles. The SMILES string of the molecule is CON(C)C(=O)c1cc(-n2c(C)cc(O)cc2=O)c(C)cn1. The van der Waals surface area contributed by atoms with Gasteiger partial charge in [0.2, 0.25) is 0 Å². The lowest BCUT2D eigenvalue weighted by Crippen LogP contribution is -2.27. The van der Waals surface area contributed by atoms with Crippen LogP contribution in [0.3, 0.4) is 0 Å². The lowest BCUT2D eigenvalue weighted by Gasteiger charge is -2.16. The summed E-state index contributed by atoms with van der Waals surface area (Å²) in [6.07, 6.45) is 1.52. The maximum atomic E-state index is 12.1. The van der Waals surface area contributed by atoms with Crippen LogP contribution in [0.1, 0.15) is 21.7 Å². The number of hydrogen-bond donors (Lipinski definition) is 1. The minimum absolute atomic E-state index is 0.0964. The fourth-order valence-electron chi connectivity index (χ4n) is 2.11. The van der Waals surface area contributed by atoms with Gasteiger partial charge in [-0.3, -0.25) is 24.0 Å². The summed E-state index contributed by atoms with van der Waals surface area (Å²) in [5.74, 6) is -0.519. The average molecular weight is 303 g/mol. The van der Waals surface area contributed by atoms with Crippen molar-refractivity contribution in [3.8, 4) is 11.4 Å². The largest absolute Gasteiger partial charge is 0.508 e. The number of aromatic hydroxyl groups is 1. The van der Waals surface area contributed by atoms with Gasteiger partial charge < -0.3 is 5.11 Å². The van der Waals surface area contributed by atoms with Crippen LogP contribution in [-0.2, 0) is 4.84 Å². The molecule has 0 aliphatic carbocycles. The van der Waals surface area contributed by atoms with Crippen LogP contribution in [0.5, 0.6) is 5.75 Å². The maximum absolute atomic E-state index is 12.1. The Balaban J connectivity index is 2.62. The van der Waals surface area contributed by atoms with Crippen LogP contribution in [0.15, 0.2) is 29.2 Å². The molecule has 116 valence electrons. The topological polar surface area (TPSA) is 84.7 Å². The molecule has 0 bridgehead atoms. The van der Waals surface area contributed by atoms with Gasteiger partial charge in [0.15, 0.2) is 0 Å². The molecule has 0 fully saturated rings. The second-order valence-electron chi connectivity index (χ2n) is 4.87. The van der Waals surface area contributed by atoms with Crippen LogP contribution < -0.4 is 5.56 Å². The Morgan fingerprint density at radius 3 is 2.59 bits per heavy atom. The molecule has 0 radical (unpaired) electrons. The molecule has 22 heavy (non-hydrogen) atoms. The van der Waals surface area contributed by atoms with E-state index in [1.165, 1.54) is 37.1 Å². The van der Waals surface area contributed by atoms with Crippen molar-refractivity contribution in [2.75, 3.05) is 14.2 Å². The highest BCUT2D eigenvalue weighted by atomic mass is 16.7. The summed E-state index contributed by atoms with van der Waals surface area (Å²) in [7, 11) is 2.85. The van der Waals surface area contributed by atoms with Gasteiger partial charge in [-0.2, -0.15) is 0 Å². The van der Waals surface area contributed by atoms with Crippen LogP contribution in [0, 0.1) is 13.8 Å². The van der Waals surface area contributed by atoms with Crippen molar-refractivity contribution in [1.82, 2.24) is 14.6 Å². The first kappa shape index (κ1) is 15.7. The van der Waals surface area contributed by atoms with E-state index in [2.05, 4.69) is 4.98 Å². The van der Waals surface area contributed by atoms with Crippen molar-refractivity contribution >= 4 is 5.91 Å². The van der Waals surface area contributed by atoms with Crippen molar-refractivity contribution in [3.05, 3.63) is 51.7 Å². The van der Waals surface area contributed by atoms with Crippen molar-refractivity contribution in [2.24, 2.45) is 0 Å². The summed E-state index contributed by atoms with van der Waals surface area (Å²) in [6.45, 7) is 3.49. The smallest absolute Gasteiger partial charge is 0.295 e. The fraction of sp³-hybridized carbons (Fsp3) is 0.267. The lowest BCUT2D eigenvalue weighted by molar-refractivity contribution is -0.0760. The second kappa shape index (κ2) is 5.98. The minimum atomic E-state index is -0.423. The zero-order chi connectivity index (χ0) is 16.4. The molecule has 0 aromatic carbocycles. The monoisotopic (exact) mass is 303 g/mol. The van der Waals surface area contributed by atoms with E-state index in [9.17, 15) is 14.7 Å². The quantitative estimate of drug-likeness (QED) is 0.861. The zero-order valence-corrected chi connectivity index (χ0v) is 12.8. The fourth-order valence-corrected chi connectivity index (χ4v) is 2.11.